The van der Waals surface area contributed by atoms with Gasteiger partial charge in [0.05, 0.1) is 24.4 Å². The second-order valence-electron chi connectivity index (χ2n) is 6.57. The number of rotatable bonds is 12. The molecule has 0 aliphatic carbocycles. The van der Waals surface area contributed by atoms with Crippen LogP contribution in [0.3, 0.4) is 0 Å². The van der Waals surface area contributed by atoms with E-state index in [1.54, 1.807) is 12.2 Å². The van der Waals surface area contributed by atoms with E-state index >= 15 is 0 Å². The van der Waals surface area contributed by atoms with Gasteiger partial charge in [-0.3, -0.25) is 4.79 Å². The summed E-state index contributed by atoms with van der Waals surface area (Å²) < 4.78 is 5.62. The molecule has 140 valence electrons. The molecule has 6 nitrogen and oxygen atoms in total. The normalized spacial score (nSPS) is 26.8. The van der Waals surface area contributed by atoms with Crippen molar-refractivity contribution in [3.63, 3.8) is 0 Å². The molecule has 0 bridgehead atoms. The van der Waals surface area contributed by atoms with Gasteiger partial charge in [-0.2, -0.15) is 0 Å². The van der Waals surface area contributed by atoms with Crippen molar-refractivity contribution < 1.29 is 30.0 Å². The zero-order valence-corrected chi connectivity index (χ0v) is 14.5. The van der Waals surface area contributed by atoms with Crippen LogP contribution in [0.1, 0.15) is 64.7 Å². The third-order valence-electron chi connectivity index (χ3n) is 4.45. The molecule has 1 rings (SSSR count). The number of carboxylic acid groups (broad SMARTS) is 1. The van der Waals surface area contributed by atoms with Crippen molar-refractivity contribution in [1.82, 2.24) is 0 Å². The molecular formula is C18H32O6. The fraction of sp³-hybridized carbons (Fsp3) is 0.833. The van der Waals surface area contributed by atoms with Crippen molar-refractivity contribution in [3.05, 3.63) is 12.2 Å². The van der Waals surface area contributed by atoms with Crippen molar-refractivity contribution in [2.45, 2.75) is 95.2 Å². The van der Waals surface area contributed by atoms with Gasteiger partial charge in [0.15, 0.2) is 0 Å². The Morgan fingerprint density at radius 3 is 2.54 bits per heavy atom. The predicted molar refractivity (Wildman–Crippen MR) is 90.7 cm³/mol. The molecule has 6 heteroatoms. The van der Waals surface area contributed by atoms with Gasteiger partial charge in [0, 0.05) is 12.8 Å². The first-order chi connectivity index (χ1) is 11.4. The summed E-state index contributed by atoms with van der Waals surface area (Å²) in [6, 6.07) is 0. The maximum Gasteiger partial charge on any atom is 0.303 e. The number of aliphatic hydroxyl groups is 3. The maximum atomic E-state index is 10.4. The van der Waals surface area contributed by atoms with E-state index in [4.69, 9.17) is 9.84 Å². The number of hydrogen-bond donors (Lipinski definition) is 4. The molecule has 5 atom stereocenters. The monoisotopic (exact) mass is 344 g/mol. The van der Waals surface area contributed by atoms with Crippen LogP contribution in [0.5, 0.6) is 0 Å². The summed E-state index contributed by atoms with van der Waals surface area (Å²) in [5.41, 5.74) is 0. The molecule has 0 unspecified atom stereocenters. The fourth-order valence-corrected chi connectivity index (χ4v) is 2.90. The van der Waals surface area contributed by atoms with Crippen LogP contribution in [0.2, 0.25) is 0 Å². The van der Waals surface area contributed by atoms with Crippen LogP contribution in [0.4, 0.5) is 0 Å². The van der Waals surface area contributed by atoms with Gasteiger partial charge >= 0.3 is 5.97 Å². The van der Waals surface area contributed by atoms with E-state index < -0.39 is 30.4 Å². The lowest BCUT2D eigenvalue weighted by Crippen LogP contribution is -2.25. The second-order valence-corrected chi connectivity index (χ2v) is 6.57. The summed E-state index contributed by atoms with van der Waals surface area (Å²) in [6.07, 6.45) is 7.04. The smallest absolute Gasteiger partial charge is 0.303 e. The number of aliphatic carboxylic acids is 1. The zero-order chi connectivity index (χ0) is 17.9. The van der Waals surface area contributed by atoms with E-state index in [9.17, 15) is 20.1 Å². The highest BCUT2D eigenvalue weighted by atomic mass is 16.5. The van der Waals surface area contributed by atoms with Crippen LogP contribution in [0.15, 0.2) is 12.2 Å². The molecule has 1 saturated heterocycles. The summed E-state index contributed by atoms with van der Waals surface area (Å²) >= 11 is 0. The third-order valence-corrected chi connectivity index (χ3v) is 4.45. The van der Waals surface area contributed by atoms with Gasteiger partial charge in [0.2, 0.25) is 0 Å². The third kappa shape index (κ3) is 8.24. The molecule has 24 heavy (non-hydrogen) atoms. The minimum Gasteiger partial charge on any atom is -0.481 e. The number of ether oxygens (including phenoxy) is 1. The number of aliphatic hydroxyl groups excluding tert-OH is 3. The van der Waals surface area contributed by atoms with Crippen LogP contribution in [-0.4, -0.2) is 56.9 Å². The Morgan fingerprint density at radius 1 is 1.21 bits per heavy atom. The first-order valence-electron chi connectivity index (χ1n) is 9.03. The van der Waals surface area contributed by atoms with Gasteiger partial charge in [0.25, 0.3) is 0 Å². The molecular weight excluding hydrogens is 312 g/mol. The topological polar surface area (TPSA) is 107 Å². The molecule has 0 spiro atoms. The summed E-state index contributed by atoms with van der Waals surface area (Å²) in [6.45, 7) is 1.87. The van der Waals surface area contributed by atoms with Crippen LogP contribution in [0.25, 0.3) is 0 Å². The molecule has 1 aliphatic heterocycles. The molecule has 0 aromatic rings. The SMILES string of the molecule is CC[C@H](O)[C@H]1C[C@H](O)[C@@H](/C=C/[C@@H](O)CCCCCCCC(=O)O)O1. The Balaban J connectivity index is 2.15. The highest BCUT2D eigenvalue weighted by molar-refractivity contribution is 5.66. The first-order valence-corrected chi connectivity index (χ1v) is 9.03. The lowest BCUT2D eigenvalue weighted by atomic mass is 10.0. The van der Waals surface area contributed by atoms with Gasteiger partial charge in [0.1, 0.15) is 6.10 Å². The molecule has 0 radical (unpaired) electrons. The lowest BCUT2D eigenvalue weighted by Gasteiger charge is -2.16. The van der Waals surface area contributed by atoms with Gasteiger partial charge in [-0.1, -0.05) is 44.8 Å². The van der Waals surface area contributed by atoms with Crippen molar-refractivity contribution in [2.75, 3.05) is 0 Å². The molecule has 1 aliphatic rings. The highest BCUT2D eigenvalue weighted by Crippen LogP contribution is 2.25. The van der Waals surface area contributed by atoms with Crippen LogP contribution in [0, 0.1) is 0 Å². The Hall–Kier alpha value is -0.950. The van der Waals surface area contributed by atoms with Gasteiger partial charge < -0.3 is 25.2 Å². The molecule has 1 fully saturated rings. The van der Waals surface area contributed by atoms with E-state index in [1.165, 1.54) is 0 Å². The van der Waals surface area contributed by atoms with E-state index in [0.29, 0.717) is 25.7 Å². The standard InChI is InChI=1S/C18H32O6/c1-2-14(20)17-12-15(21)16(24-17)11-10-13(19)8-6-4-3-5-7-9-18(22)23/h10-11,13-17,19-21H,2-9,12H2,1H3,(H,22,23)/b11-10+/t13-,14-,15-,16+,17+/m0/s1. The number of carbonyl (C=O) groups is 1. The highest BCUT2D eigenvalue weighted by Gasteiger charge is 2.35. The van der Waals surface area contributed by atoms with Crippen LogP contribution >= 0.6 is 0 Å². The predicted octanol–water partition coefficient (Wildman–Crippen LogP) is 2.01. The summed E-state index contributed by atoms with van der Waals surface area (Å²) in [5, 5.41) is 38.2. The number of carboxylic acids is 1. The molecule has 0 aromatic carbocycles. The number of unbranched alkanes of at least 4 members (excludes halogenated alkanes) is 4. The average Bonchev–Trinajstić information content (AvgIpc) is 2.92. The Kier molecular flexibility index (Phi) is 10.2. The van der Waals surface area contributed by atoms with Gasteiger partial charge in [-0.15, -0.1) is 0 Å². The van der Waals surface area contributed by atoms with Gasteiger partial charge in [-0.05, 0) is 19.3 Å². The molecule has 0 aromatic heterocycles. The Labute approximate surface area is 144 Å². The van der Waals surface area contributed by atoms with Crippen molar-refractivity contribution in [3.8, 4) is 0 Å². The summed E-state index contributed by atoms with van der Waals surface area (Å²) in [4.78, 5) is 10.4. The molecule has 0 saturated carbocycles. The second kappa shape index (κ2) is 11.6. The Morgan fingerprint density at radius 2 is 1.88 bits per heavy atom. The summed E-state index contributed by atoms with van der Waals surface area (Å²) in [5.74, 6) is -0.749. The fourth-order valence-electron chi connectivity index (χ4n) is 2.90. The summed E-state index contributed by atoms with van der Waals surface area (Å²) in [7, 11) is 0. The minimum absolute atomic E-state index is 0.225. The largest absolute Gasteiger partial charge is 0.481 e. The average molecular weight is 344 g/mol. The molecule has 4 N–H and O–H groups in total. The van der Waals surface area contributed by atoms with Crippen LogP contribution in [-0.2, 0) is 9.53 Å². The van der Waals surface area contributed by atoms with E-state index in [1.807, 2.05) is 6.92 Å². The first kappa shape index (κ1) is 21.1. The molecule has 0 amide bonds. The van der Waals surface area contributed by atoms with E-state index in [2.05, 4.69) is 0 Å². The van der Waals surface area contributed by atoms with Crippen molar-refractivity contribution >= 4 is 5.97 Å². The van der Waals surface area contributed by atoms with Gasteiger partial charge in [-0.25, -0.2) is 0 Å². The lowest BCUT2D eigenvalue weighted by molar-refractivity contribution is -0.137. The zero-order valence-electron chi connectivity index (χ0n) is 14.5. The maximum absolute atomic E-state index is 10.4. The quantitative estimate of drug-likeness (QED) is 0.319. The van der Waals surface area contributed by atoms with Crippen LogP contribution < -0.4 is 0 Å². The van der Waals surface area contributed by atoms with E-state index in [0.717, 1.165) is 25.7 Å². The minimum atomic E-state index is -0.749. The van der Waals surface area contributed by atoms with E-state index in [-0.39, 0.29) is 12.5 Å². The number of hydrogen-bond acceptors (Lipinski definition) is 5. The molecule has 1 heterocycles. The van der Waals surface area contributed by atoms with Crippen molar-refractivity contribution in [1.29, 1.82) is 0 Å². The Bertz CT molecular complexity index is 384. The van der Waals surface area contributed by atoms with Crippen molar-refractivity contribution in [2.24, 2.45) is 0 Å².